The highest BCUT2D eigenvalue weighted by Crippen LogP contribution is 2.38. The Kier molecular flexibility index (Phi) is 6.05. The molecule has 1 aliphatic rings. The van der Waals surface area contributed by atoms with Gasteiger partial charge in [-0.3, -0.25) is 9.59 Å². The standard InChI is InChI=1S/C26H26N4O2/c1-27-25(31)19-12-13-22-21(15-19)23(26(32)29-22)24(18-9-5-4-6-10-18)28-20-11-7-8-17(14-20)16-30(2)3/h4-15,28H,16H2,1-3H3,(H,27,31)(H,29,32). The summed E-state index contributed by atoms with van der Waals surface area (Å²) < 4.78 is 0. The summed E-state index contributed by atoms with van der Waals surface area (Å²) in [7, 11) is 5.65. The van der Waals surface area contributed by atoms with Crippen molar-refractivity contribution in [2.45, 2.75) is 6.54 Å². The molecule has 0 saturated carbocycles. The molecular weight excluding hydrogens is 400 g/mol. The van der Waals surface area contributed by atoms with Crippen molar-refractivity contribution in [1.82, 2.24) is 10.2 Å². The first-order chi connectivity index (χ1) is 15.5. The Bertz CT molecular complexity index is 1200. The van der Waals surface area contributed by atoms with Crippen molar-refractivity contribution < 1.29 is 9.59 Å². The molecule has 3 aromatic carbocycles. The van der Waals surface area contributed by atoms with Gasteiger partial charge in [0.2, 0.25) is 0 Å². The summed E-state index contributed by atoms with van der Waals surface area (Å²) in [6.07, 6.45) is 0. The highest BCUT2D eigenvalue weighted by molar-refractivity contribution is 6.37. The Balaban J connectivity index is 1.85. The van der Waals surface area contributed by atoms with Crippen LogP contribution in [-0.4, -0.2) is 37.9 Å². The Hall–Kier alpha value is -3.90. The van der Waals surface area contributed by atoms with Gasteiger partial charge < -0.3 is 20.9 Å². The van der Waals surface area contributed by atoms with Crippen molar-refractivity contribution >= 4 is 34.5 Å². The van der Waals surface area contributed by atoms with Gasteiger partial charge in [0.1, 0.15) is 0 Å². The number of rotatable bonds is 6. The van der Waals surface area contributed by atoms with Gasteiger partial charge in [-0.2, -0.15) is 0 Å². The number of benzene rings is 3. The summed E-state index contributed by atoms with van der Waals surface area (Å²) >= 11 is 0. The lowest BCUT2D eigenvalue weighted by Crippen LogP contribution is -2.17. The fraction of sp³-hybridized carbons (Fsp3) is 0.154. The van der Waals surface area contributed by atoms with Crippen molar-refractivity contribution in [3.8, 4) is 0 Å². The van der Waals surface area contributed by atoms with Crippen LogP contribution < -0.4 is 16.0 Å². The fourth-order valence-electron chi connectivity index (χ4n) is 3.84. The zero-order chi connectivity index (χ0) is 22.7. The number of hydrogen-bond acceptors (Lipinski definition) is 4. The molecule has 0 aromatic heterocycles. The summed E-state index contributed by atoms with van der Waals surface area (Å²) in [5.41, 5.74) is 6.03. The molecule has 32 heavy (non-hydrogen) atoms. The molecule has 1 aliphatic heterocycles. The maximum atomic E-state index is 13.1. The van der Waals surface area contributed by atoms with E-state index in [9.17, 15) is 9.59 Å². The van der Waals surface area contributed by atoms with Crippen molar-refractivity contribution in [2.75, 3.05) is 31.8 Å². The van der Waals surface area contributed by atoms with Crippen LogP contribution in [0.1, 0.15) is 27.0 Å². The number of carbonyl (C=O) groups excluding carboxylic acids is 2. The van der Waals surface area contributed by atoms with Gasteiger partial charge in [-0.1, -0.05) is 42.5 Å². The minimum absolute atomic E-state index is 0.197. The molecular formula is C26H26N4O2. The lowest BCUT2D eigenvalue weighted by atomic mass is 9.98. The van der Waals surface area contributed by atoms with Crippen LogP contribution >= 0.6 is 0 Å². The van der Waals surface area contributed by atoms with E-state index in [2.05, 4.69) is 33.0 Å². The smallest absolute Gasteiger partial charge is 0.258 e. The molecule has 0 saturated heterocycles. The topological polar surface area (TPSA) is 73.5 Å². The predicted octanol–water partition coefficient (Wildman–Crippen LogP) is 4.04. The molecule has 6 nitrogen and oxygen atoms in total. The molecule has 0 aliphatic carbocycles. The molecule has 0 spiro atoms. The van der Waals surface area contributed by atoms with E-state index in [0.717, 1.165) is 23.4 Å². The molecule has 0 fully saturated rings. The second kappa shape index (κ2) is 9.08. The van der Waals surface area contributed by atoms with E-state index in [1.807, 2.05) is 56.6 Å². The highest BCUT2D eigenvalue weighted by atomic mass is 16.2. The van der Waals surface area contributed by atoms with E-state index in [-0.39, 0.29) is 11.8 Å². The molecule has 3 N–H and O–H groups in total. The Morgan fingerprint density at radius 3 is 2.44 bits per heavy atom. The van der Waals surface area contributed by atoms with E-state index < -0.39 is 0 Å². The van der Waals surface area contributed by atoms with Crippen LogP contribution in [0.25, 0.3) is 11.3 Å². The average Bonchev–Trinajstić information content (AvgIpc) is 3.12. The average molecular weight is 427 g/mol. The molecule has 162 valence electrons. The van der Waals surface area contributed by atoms with Crippen LogP contribution in [0.4, 0.5) is 11.4 Å². The Morgan fingerprint density at radius 2 is 1.72 bits per heavy atom. The SMILES string of the molecule is CNC(=O)c1ccc2c(c1)C(=C(Nc1cccc(CN(C)C)c1)c1ccccc1)C(=O)N2. The van der Waals surface area contributed by atoms with E-state index in [4.69, 9.17) is 0 Å². The van der Waals surface area contributed by atoms with Gasteiger partial charge in [0.25, 0.3) is 11.8 Å². The van der Waals surface area contributed by atoms with E-state index >= 15 is 0 Å². The summed E-state index contributed by atoms with van der Waals surface area (Å²) in [4.78, 5) is 27.4. The first-order valence-electron chi connectivity index (χ1n) is 10.4. The fourth-order valence-corrected chi connectivity index (χ4v) is 3.84. The van der Waals surface area contributed by atoms with Crippen LogP contribution in [0.3, 0.4) is 0 Å². The number of carbonyl (C=O) groups is 2. The Morgan fingerprint density at radius 1 is 0.938 bits per heavy atom. The third-order valence-corrected chi connectivity index (χ3v) is 5.26. The third kappa shape index (κ3) is 4.40. The molecule has 0 unspecified atom stereocenters. The van der Waals surface area contributed by atoms with Crippen molar-refractivity contribution in [1.29, 1.82) is 0 Å². The number of nitrogens with zero attached hydrogens (tertiary/aromatic N) is 1. The monoisotopic (exact) mass is 426 g/mol. The summed E-state index contributed by atoms with van der Waals surface area (Å²) in [6.45, 7) is 0.811. The van der Waals surface area contributed by atoms with Crippen molar-refractivity contribution in [3.63, 3.8) is 0 Å². The van der Waals surface area contributed by atoms with E-state index in [0.29, 0.717) is 28.1 Å². The summed E-state index contributed by atoms with van der Waals surface area (Å²) in [5.74, 6) is -0.401. The van der Waals surface area contributed by atoms with Gasteiger partial charge in [-0.05, 0) is 55.6 Å². The van der Waals surface area contributed by atoms with Gasteiger partial charge in [0.15, 0.2) is 0 Å². The summed E-state index contributed by atoms with van der Waals surface area (Å²) in [6, 6.07) is 23.1. The minimum atomic E-state index is -0.204. The number of nitrogens with one attached hydrogen (secondary N) is 3. The maximum Gasteiger partial charge on any atom is 0.258 e. The lowest BCUT2D eigenvalue weighted by Gasteiger charge is -2.16. The third-order valence-electron chi connectivity index (χ3n) is 5.26. The van der Waals surface area contributed by atoms with Crippen LogP contribution in [0.15, 0.2) is 72.8 Å². The van der Waals surface area contributed by atoms with E-state index in [1.54, 1.807) is 25.2 Å². The number of fused-ring (bicyclic) bond motifs is 1. The summed E-state index contributed by atoms with van der Waals surface area (Å²) in [5, 5.41) is 9.06. The van der Waals surface area contributed by atoms with Gasteiger partial charge >= 0.3 is 0 Å². The maximum absolute atomic E-state index is 13.1. The second-order valence-corrected chi connectivity index (χ2v) is 7.97. The largest absolute Gasteiger partial charge is 0.355 e. The van der Waals surface area contributed by atoms with Gasteiger partial charge in [-0.25, -0.2) is 0 Å². The van der Waals surface area contributed by atoms with Crippen LogP contribution in [0, 0.1) is 0 Å². The van der Waals surface area contributed by atoms with Crippen LogP contribution in [-0.2, 0) is 11.3 Å². The zero-order valence-corrected chi connectivity index (χ0v) is 18.4. The molecule has 4 rings (SSSR count). The quantitative estimate of drug-likeness (QED) is 0.520. The van der Waals surface area contributed by atoms with E-state index in [1.165, 1.54) is 0 Å². The molecule has 0 bridgehead atoms. The highest BCUT2D eigenvalue weighted by Gasteiger charge is 2.29. The molecule has 3 aromatic rings. The van der Waals surface area contributed by atoms with Crippen molar-refractivity contribution in [2.24, 2.45) is 0 Å². The Labute approximate surface area is 188 Å². The predicted molar refractivity (Wildman–Crippen MR) is 129 cm³/mol. The van der Waals surface area contributed by atoms with Gasteiger partial charge in [0, 0.05) is 36.1 Å². The van der Waals surface area contributed by atoms with Crippen LogP contribution in [0.5, 0.6) is 0 Å². The second-order valence-electron chi connectivity index (χ2n) is 7.97. The normalized spacial score (nSPS) is 14.1. The number of amides is 2. The molecule has 1 heterocycles. The zero-order valence-electron chi connectivity index (χ0n) is 18.4. The lowest BCUT2D eigenvalue weighted by molar-refractivity contribution is -0.110. The van der Waals surface area contributed by atoms with Gasteiger partial charge in [-0.15, -0.1) is 0 Å². The first kappa shape index (κ1) is 21.3. The minimum Gasteiger partial charge on any atom is -0.355 e. The first-order valence-corrected chi connectivity index (χ1v) is 10.4. The van der Waals surface area contributed by atoms with Crippen LogP contribution in [0.2, 0.25) is 0 Å². The number of anilines is 2. The van der Waals surface area contributed by atoms with Gasteiger partial charge in [0.05, 0.1) is 11.3 Å². The van der Waals surface area contributed by atoms with Crippen molar-refractivity contribution in [3.05, 3.63) is 95.1 Å². The molecule has 0 atom stereocenters. The molecule has 6 heteroatoms. The molecule has 2 amide bonds. The number of hydrogen-bond donors (Lipinski definition) is 3. The molecule has 0 radical (unpaired) electrons.